The molecule has 0 radical (unpaired) electrons. The third-order valence-corrected chi connectivity index (χ3v) is 2.59. The maximum absolute atomic E-state index is 9.56. The molecule has 0 unspecified atom stereocenters. The zero-order valence-electron chi connectivity index (χ0n) is 6.63. The lowest BCUT2D eigenvalue weighted by Crippen LogP contribution is -1.87. The maximum atomic E-state index is 9.56. The highest BCUT2D eigenvalue weighted by Crippen LogP contribution is 2.31. The standard InChI is InChI=1S/C8H3BrCl2N2O/c9-3-1-4-6(5(14)2-3)12-8(11)13-7(4)10/h1-2,14H. The predicted molar refractivity (Wildman–Crippen MR) is 58.9 cm³/mol. The molecule has 72 valence electrons. The first-order valence-corrected chi connectivity index (χ1v) is 5.14. The van der Waals surface area contributed by atoms with Crippen LogP contribution in [0.1, 0.15) is 0 Å². The first-order chi connectivity index (χ1) is 6.58. The molecule has 0 aliphatic rings. The number of rotatable bonds is 0. The van der Waals surface area contributed by atoms with Crippen molar-refractivity contribution < 1.29 is 5.11 Å². The first-order valence-electron chi connectivity index (χ1n) is 3.59. The summed E-state index contributed by atoms with van der Waals surface area (Å²) in [5.41, 5.74) is 0.346. The number of fused-ring (bicyclic) bond motifs is 1. The molecule has 1 heterocycles. The summed E-state index contributed by atoms with van der Waals surface area (Å²) in [5, 5.41) is 10.4. The van der Waals surface area contributed by atoms with Crippen molar-refractivity contribution in [2.75, 3.05) is 0 Å². The summed E-state index contributed by atoms with van der Waals surface area (Å²) >= 11 is 14.7. The second kappa shape index (κ2) is 3.53. The van der Waals surface area contributed by atoms with E-state index in [2.05, 4.69) is 25.9 Å². The van der Waals surface area contributed by atoms with Crippen molar-refractivity contribution in [2.45, 2.75) is 0 Å². The van der Waals surface area contributed by atoms with Crippen LogP contribution in [0.5, 0.6) is 5.75 Å². The molecule has 0 aliphatic carbocycles. The molecule has 14 heavy (non-hydrogen) atoms. The largest absolute Gasteiger partial charge is 0.506 e. The van der Waals surface area contributed by atoms with Crippen molar-refractivity contribution >= 4 is 50.0 Å². The molecule has 0 atom stereocenters. The van der Waals surface area contributed by atoms with Gasteiger partial charge in [-0.25, -0.2) is 9.97 Å². The van der Waals surface area contributed by atoms with E-state index >= 15 is 0 Å². The fourth-order valence-corrected chi connectivity index (χ4v) is 2.00. The Morgan fingerprint density at radius 1 is 1.21 bits per heavy atom. The van der Waals surface area contributed by atoms with Crippen LogP contribution < -0.4 is 0 Å². The van der Waals surface area contributed by atoms with Crippen molar-refractivity contribution in [2.24, 2.45) is 0 Å². The highest BCUT2D eigenvalue weighted by Gasteiger charge is 2.09. The lowest BCUT2D eigenvalue weighted by Gasteiger charge is -2.02. The average Bonchev–Trinajstić information content (AvgIpc) is 2.07. The fourth-order valence-electron chi connectivity index (χ4n) is 1.12. The van der Waals surface area contributed by atoms with Crippen LogP contribution in [0.25, 0.3) is 10.9 Å². The van der Waals surface area contributed by atoms with Crippen LogP contribution in [-0.2, 0) is 0 Å². The molecule has 0 aliphatic heterocycles. The molecule has 6 heteroatoms. The number of phenols is 1. The molecule has 0 saturated heterocycles. The SMILES string of the molecule is Oc1cc(Br)cc2c(Cl)nc(Cl)nc12. The molecule has 0 fully saturated rings. The number of benzene rings is 1. The summed E-state index contributed by atoms with van der Waals surface area (Å²) in [7, 11) is 0. The molecule has 2 rings (SSSR count). The lowest BCUT2D eigenvalue weighted by molar-refractivity contribution is 0.480. The Bertz CT molecular complexity index is 471. The van der Waals surface area contributed by atoms with Crippen LogP contribution in [0, 0.1) is 0 Å². The molecular formula is C8H3BrCl2N2O. The van der Waals surface area contributed by atoms with Gasteiger partial charge in [-0.05, 0) is 23.7 Å². The lowest BCUT2D eigenvalue weighted by atomic mass is 10.2. The van der Waals surface area contributed by atoms with E-state index in [1.165, 1.54) is 6.07 Å². The highest BCUT2D eigenvalue weighted by molar-refractivity contribution is 9.10. The molecule has 0 bridgehead atoms. The topological polar surface area (TPSA) is 46.0 Å². The third-order valence-electron chi connectivity index (χ3n) is 1.67. The van der Waals surface area contributed by atoms with Gasteiger partial charge in [0.15, 0.2) is 0 Å². The molecule has 3 nitrogen and oxygen atoms in total. The van der Waals surface area contributed by atoms with E-state index in [1.807, 2.05) is 0 Å². The molecular weight excluding hydrogens is 291 g/mol. The number of phenolic OH excluding ortho intramolecular Hbond substituents is 1. The zero-order valence-corrected chi connectivity index (χ0v) is 9.73. The summed E-state index contributed by atoms with van der Waals surface area (Å²) in [6.07, 6.45) is 0. The minimum Gasteiger partial charge on any atom is -0.506 e. The summed E-state index contributed by atoms with van der Waals surface area (Å²) in [6.45, 7) is 0. The highest BCUT2D eigenvalue weighted by atomic mass is 79.9. The Labute approximate surface area is 97.8 Å². The van der Waals surface area contributed by atoms with Crippen molar-refractivity contribution in [1.29, 1.82) is 0 Å². The second-order valence-electron chi connectivity index (χ2n) is 2.60. The molecule has 1 aromatic carbocycles. The van der Waals surface area contributed by atoms with Gasteiger partial charge in [0.2, 0.25) is 5.28 Å². The second-order valence-corrected chi connectivity index (χ2v) is 4.22. The van der Waals surface area contributed by atoms with Gasteiger partial charge in [-0.15, -0.1) is 0 Å². The Morgan fingerprint density at radius 3 is 2.64 bits per heavy atom. The number of aromatic hydroxyl groups is 1. The van der Waals surface area contributed by atoms with Gasteiger partial charge in [0.25, 0.3) is 0 Å². The maximum Gasteiger partial charge on any atom is 0.224 e. The van der Waals surface area contributed by atoms with Gasteiger partial charge in [0.05, 0.1) is 0 Å². The van der Waals surface area contributed by atoms with E-state index < -0.39 is 0 Å². The van der Waals surface area contributed by atoms with Gasteiger partial charge in [-0.3, -0.25) is 0 Å². The Kier molecular flexibility index (Phi) is 2.51. The van der Waals surface area contributed by atoms with E-state index in [-0.39, 0.29) is 16.2 Å². The zero-order chi connectivity index (χ0) is 10.3. The number of aromatic nitrogens is 2. The summed E-state index contributed by atoms with van der Waals surface area (Å²) < 4.78 is 0.704. The number of hydrogen-bond donors (Lipinski definition) is 1. The molecule has 1 aromatic heterocycles. The smallest absolute Gasteiger partial charge is 0.224 e. The van der Waals surface area contributed by atoms with E-state index in [0.717, 1.165) is 0 Å². The molecule has 0 spiro atoms. The van der Waals surface area contributed by atoms with Crippen LogP contribution in [0.3, 0.4) is 0 Å². The molecule has 0 amide bonds. The van der Waals surface area contributed by atoms with Crippen LogP contribution in [0.2, 0.25) is 10.4 Å². The average molecular weight is 294 g/mol. The van der Waals surface area contributed by atoms with Gasteiger partial charge in [0, 0.05) is 9.86 Å². The third kappa shape index (κ3) is 1.65. The minimum absolute atomic E-state index is 0.0140. The summed E-state index contributed by atoms with van der Waals surface area (Å²) in [5.74, 6) is 0.0144. The molecule has 0 saturated carbocycles. The Morgan fingerprint density at radius 2 is 1.93 bits per heavy atom. The first kappa shape index (κ1) is 9.96. The summed E-state index contributed by atoms with van der Waals surface area (Å²) in [4.78, 5) is 7.65. The van der Waals surface area contributed by atoms with E-state index in [4.69, 9.17) is 23.2 Å². The Balaban J connectivity index is 2.94. The van der Waals surface area contributed by atoms with Crippen molar-refractivity contribution in [1.82, 2.24) is 9.97 Å². The van der Waals surface area contributed by atoms with E-state index in [1.54, 1.807) is 6.07 Å². The molecule has 1 N–H and O–H groups in total. The van der Waals surface area contributed by atoms with Crippen LogP contribution in [0.15, 0.2) is 16.6 Å². The van der Waals surface area contributed by atoms with Gasteiger partial charge < -0.3 is 5.11 Å². The number of hydrogen-bond acceptors (Lipinski definition) is 3. The van der Waals surface area contributed by atoms with Crippen molar-refractivity contribution in [3.63, 3.8) is 0 Å². The molecule has 2 aromatic rings. The summed E-state index contributed by atoms with van der Waals surface area (Å²) in [6, 6.07) is 3.23. The monoisotopic (exact) mass is 292 g/mol. The van der Waals surface area contributed by atoms with Crippen molar-refractivity contribution in [3.05, 3.63) is 27.0 Å². The van der Waals surface area contributed by atoms with Crippen LogP contribution >= 0.6 is 39.1 Å². The Hall–Kier alpha value is -0.580. The van der Waals surface area contributed by atoms with Crippen LogP contribution in [-0.4, -0.2) is 15.1 Å². The van der Waals surface area contributed by atoms with E-state index in [9.17, 15) is 5.11 Å². The van der Waals surface area contributed by atoms with Crippen molar-refractivity contribution in [3.8, 4) is 5.75 Å². The quantitative estimate of drug-likeness (QED) is 0.598. The minimum atomic E-state index is 0.0140. The fraction of sp³-hybridized carbons (Fsp3) is 0. The van der Waals surface area contributed by atoms with E-state index in [0.29, 0.717) is 15.4 Å². The van der Waals surface area contributed by atoms with Gasteiger partial charge in [-0.2, -0.15) is 0 Å². The number of halogens is 3. The number of nitrogens with zero attached hydrogens (tertiary/aromatic N) is 2. The predicted octanol–water partition coefficient (Wildman–Crippen LogP) is 3.40. The van der Waals surface area contributed by atoms with Crippen LogP contribution in [0.4, 0.5) is 0 Å². The van der Waals surface area contributed by atoms with Gasteiger partial charge >= 0.3 is 0 Å². The van der Waals surface area contributed by atoms with Gasteiger partial charge in [0.1, 0.15) is 16.4 Å². The normalized spacial score (nSPS) is 10.8. The van der Waals surface area contributed by atoms with Gasteiger partial charge in [-0.1, -0.05) is 27.5 Å².